The molecular formula is C22H21N3O3S. The summed E-state index contributed by atoms with van der Waals surface area (Å²) in [5.41, 5.74) is 3.16. The predicted octanol–water partition coefficient (Wildman–Crippen LogP) is 3.71. The molecule has 0 saturated carbocycles. The van der Waals surface area contributed by atoms with Crippen molar-refractivity contribution >= 4 is 29.3 Å². The molecule has 0 radical (unpaired) electrons. The number of anilines is 1. The fourth-order valence-corrected chi connectivity index (χ4v) is 3.90. The van der Waals surface area contributed by atoms with Crippen molar-refractivity contribution < 1.29 is 14.3 Å². The molecule has 1 aliphatic rings. The highest BCUT2D eigenvalue weighted by Crippen LogP contribution is 2.36. The van der Waals surface area contributed by atoms with E-state index in [9.17, 15) is 14.9 Å². The van der Waals surface area contributed by atoms with Gasteiger partial charge in [0, 0.05) is 18.0 Å². The Balaban J connectivity index is 1.71. The second kappa shape index (κ2) is 9.30. The molecule has 2 aromatic carbocycles. The summed E-state index contributed by atoms with van der Waals surface area (Å²) >= 11 is 1.16. The van der Waals surface area contributed by atoms with Gasteiger partial charge in [-0.1, -0.05) is 41.6 Å². The molecular weight excluding hydrogens is 386 g/mol. The Morgan fingerprint density at radius 3 is 2.55 bits per heavy atom. The van der Waals surface area contributed by atoms with Gasteiger partial charge >= 0.3 is 0 Å². The van der Waals surface area contributed by atoms with Crippen molar-refractivity contribution in [3.8, 4) is 11.8 Å². The van der Waals surface area contributed by atoms with Crippen LogP contribution in [0.25, 0.3) is 0 Å². The summed E-state index contributed by atoms with van der Waals surface area (Å²) in [7, 11) is 1.58. The first-order valence-electron chi connectivity index (χ1n) is 9.07. The predicted molar refractivity (Wildman–Crippen MR) is 113 cm³/mol. The second-order valence-electron chi connectivity index (χ2n) is 6.64. The standard InChI is InChI=1S/C22H21N3O3S/c1-14-3-5-15(6-4-14)18-11-20(26)25-22(19(18)12-23)29-13-21(27)24-16-7-9-17(28-2)10-8-16/h3-10,18H,11,13H2,1-2H3,(H,24,27)(H,25,26)/t18-/m0/s1. The number of hydrogen-bond acceptors (Lipinski definition) is 5. The van der Waals surface area contributed by atoms with Crippen LogP contribution in [-0.2, 0) is 9.59 Å². The van der Waals surface area contributed by atoms with Gasteiger partial charge in [-0.3, -0.25) is 9.59 Å². The number of nitriles is 1. The Morgan fingerprint density at radius 2 is 1.93 bits per heavy atom. The summed E-state index contributed by atoms with van der Waals surface area (Å²) in [5.74, 6) is 0.0898. The van der Waals surface area contributed by atoms with Crippen molar-refractivity contribution in [1.82, 2.24) is 5.32 Å². The van der Waals surface area contributed by atoms with Crippen molar-refractivity contribution in [2.24, 2.45) is 0 Å². The van der Waals surface area contributed by atoms with E-state index in [4.69, 9.17) is 4.74 Å². The van der Waals surface area contributed by atoms with E-state index < -0.39 is 0 Å². The lowest BCUT2D eigenvalue weighted by atomic mass is 9.87. The molecule has 0 bridgehead atoms. The molecule has 2 amide bonds. The van der Waals surface area contributed by atoms with Crippen molar-refractivity contribution in [2.45, 2.75) is 19.3 Å². The molecule has 148 valence electrons. The molecule has 1 atom stereocenters. The van der Waals surface area contributed by atoms with E-state index in [0.717, 1.165) is 22.9 Å². The fourth-order valence-electron chi connectivity index (χ4n) is 3.03. The number of hydrogen-bond donors (Lipinski definition) is 2. The highest BCUT2D eigenvalue weighted by Gasteiger charge is 2.29. The third-order valence-electron chi connectivity index (χ3n) is 4.56. The van der Waals surface area contributed by atoms with Crippen molar-refractivity contribution in [2.75, 3.05) is 18.2 Å². The normalized spacial score (nSPS) is 16.0. The van der Waals surface area contributed by atoms with Gasteiger partial charge in [-0.2, -0.15) is 5.26 Å². The molecule has 0 aromatic heterocycles. The van der Waals surface area contributed by atoms with Gasteiger partial charge in [0.2, 0.25) is 11.8 Å². The monoisotopic (exact) mass is 407 g/mol. The minimum Gasteiger partial charge on any atom is -0.497 e. The molecule has 0 fully saturated rings. The zero-order valence-corrected chi connectivity index (χ0v) is 17.0. The average molecular weight is 407 g/mol. The van der Waals surface area contributed by atoms with Crippen LogP contribution in [0, 0.1) is 18.3 Å². The summed E-state index contributed by atoms with van der Waals surface area (Å²) in [6, 6.07) is 17.0. The smallest absolute Gasteiger partial charge is 0.234 e. The highest BCUT2D eigenvalue weighted by atomic mass is 32.2. The zero-order chi connectivity index (χ0) is 20.8. The van der Waals surface area contributed by atoms with E-state index in [1.54, 1.807) is 31.4 Å². The number of nitrogens with zero attached hydrogens (tertiary/aromatic N) is 1. The van der Waals surface area contributed by atoms with Crippen LogP contribution in [0.15, 0.2) is 59.1 Å². The molecule has 1 aliphatic heterocycles. The second-order valence-corrected chi connectivity index (χ2v) is 7.62. The molecule has 1 heterocycles. The van der Waals surface area contributed by atoms with Crippen LogP contribution < -0.4 is 15.4 Å². The molecule has 6 nitrogen and oxygen atoms in total. The molecule has 2 aromatic rings. The number of ether oxygens (including phenoxy) is 1. The van der Waals surface area contributed by atoms with Crippen LogP contribution in [0.4, 0.5) is 5.69 Å². The zero-order valence-electron chi connectivity index (χ0n) is 16.2. The van der Waals surface area contributed by atoms with Crippen LogP contribution in [0.3, 0.4) is 0 Å². The van der Waals surface area contributed by atoms with Crippen LogP contribution in [0.2, 0.25) is 0 Å². The maximum absolute atomic E-state index is 12.3. The van der Waals surface area contributed by atoms with Crippen molar-refractivity contribution in [1.29, 1.82) is 5.26 Å². The van der Waals surface area contributed by atoms with Gasteiger partial charge < -0.3 is 15.4 Å². The SMILES string of the molecule is COc1ccc(NC(=O)CSC2=C(C#N)[C@H](c3ccc(C)cc3)CC(=O)N2)cc1. The first kappa shape index (κ1) is 20.5. The largest absolute Gasteiger partial charge is 0.497 e. The average Bonchev–Trinajstić information content (AvgIpc) is 2.73. The summed E-state index contributed by atoms with van der Waals surface area (Å²) < 4.78 is 5.09. The fraction of sp³-hybridized carbons (Fsp3) is 0.227. The Bertz CT molecular complexity index is 976. The third kappa shape index (κ3) is 5.18. The summed E-state index contributed by atoms with van der Waals surface area (Å²) in [6.45, 7) is 1.99. The maximum Gasteiger partial charge on any atom is 0.234 e. The molecule has 0 spiro atoms. The number of allylic oxidation sites excluding steroid dienone is 1. The lowest BCUT2D eigenvalue weighted by Crippen LogP contribution is -2.31. The summed E-state index contributed by atoms with van der Waals surface area (Å²) in [6.07, 6.45) is 0.216. The molecule has 2 N–H and O–H groups in total. The minimum absolute atomic E-state index is 0.0768. The summed E-state index contributed by atoms with van der Waals surface area (Å²) in [5, 5.41) is 15.7. The quantitative estimate of drug-likeness (QED) is 0.762. The Kier molecular flexibility index (Phi) is 6.57. The number of amides is 2. The molecule has 29 heavy (non-hydrogen) atoms. The first-order valence-corrected chi connectivity index (χ1v) is 10.1. The molecule has 7 heteroatoms. The first-order chi connectivity index (χ1) is 14.0. The summed E-state index contributed by atoms with van der Waals surface area (Å²) in [4.78, 5) is 24.5. The minimum atomic E-state index is -0.304. The number of nitrogens with one attached hydrogen (secondary N) is 2. The number of benzene rings is 2. The number of carbonyl (C=O) groups is 2. The van der Waals surface area contributed by atoms with Crippen LogP contribution in [0.5, 0.6) is 5.75 Å². The Morgan fingerprint density at radius 1 is 1.24 bits per heavy atom. The van der Waals surface area contributed by atoms with Gasteiger partial charge in [0.15, 0.2) is 0 Å². The van der Waals surface area contributed by atoms with E-state index in [-0.39, 0.29) is 29.9 Å². The van der Waals surface area contributed by atoms with E-state index in [0.29, 0.717) is 22.0 Å². The number of aryl methyl sites for hydroxylation is 1. The Labute approximate surface area is 173 Å². The van der Waals surface area contributed by atoms with E-state index in [1.165, 1.54) is 0 Å². The van der Waals surface area contributed by atoms with Crippen molar-refractivity contribution in [3.05, 3.63) is 70.3 Å². The van der Waals surface area contributed by atoms with Gasteiger partial charge in [-0.25, -0.2) is 0 Å². The van der Waals surface area contributed by atoms with Gasteiger partial charge in [-0.15, -0.1) is 0 Å². The van der Waals surface area contributed by atoms with Crippen LogP contribution in [-0.4, -0.2) is 24.7 Å². The molecule has 0 unspecified atom stereocenters. The van der Waals surface area contributed by atoms with Crippen LogP contribution >= 0.6 is 11.8 Å². The maximum atomic E-state index is 12.3. The van der Waals surface area contributed by atoms with Gasteiger partial charge in [-0.05, 0) is 36.8 Å². The topological polar surface area (TPSA) is 91.2 Å². The van der Waals surface area contributed by atoms with E-state index in [1.807, 2.05) is 31.2 Å². The number of rotatable bonds is 6. The van der Waals surface area contributed by atoms with Gasteiger partial charge in [0.05, 0.1) is 29.5 Å². The van der Waals surface area contributed by atoms with Crippen molar-refractivity contribution in [3.63, 3.8) is 0 Å². The van der Waals surface area contributed by atoms with Gasteiger partial charge in [0.1, 0.15) is 5.75 Å². The highest BCUT2D eigenvalue weighted by molar-refractivity contribution is 8.03. The molecule has 3 rings (SSSR count). The third-order valence-corrected chi connectivity index (χ3v) is 5.57. The Hall–Kier alpha value is -3.24. The molecule has 0 saturated heterocycles. The lowest BCUT2D eigenvalue weighted by molar-refractivity contribution is -0.121. The van der Waals surface area contributed by atoms with E-state index >= 15 is 0 Å². The number of carbonyl (C=O) groups excluding carboxylic acids is 2. The van der Waals surface area contributed by atoms with E-state index in [2.05, 4.69) is 16.7 Å². The number of methoxy groups -OCH3 is 1. The number of thioether (sulfide) groups is 1. The molecule has 0 aliphatic carbocycles. The van der Waals surface area contributed by atoms with Gasteiger partial charge in [0.25, 0.3) is 0 Å². The lowest BCUT2D eigenvalue weighted by Gasteiger charge is -2.25. The van der Waals surface area contributed by atoms with Crippen LogP contribution in [0.1, 0.15) is 23.5 Å².